The first kappa shape index (κ1) is 25.7. The summed E-state index contributed by atoms with van der Waals surface area (Å²) < 4.78 is 2.38. The number of anilines is 1. The van der Waals surface area contributed by atoms with E-state index >= 15 is 0 Å². The standard InChI is InChI=1S/C34H36N2O2S/c1-20-11-14-28-32(26(20)13-10-21(2)29-18-22(3)39-23(29)4)35-16-17-36-30-19-25(34(37)38)12-15-27(30)31(33(28)36)24-8-6-5-7-9-24/h10-15,18-19,24,35H,2,5-9,16-17H2,1,3-4H3,(H,37,38)/b13-10-. The van der Waals surface area contributed by atoms with Crippen LogP contribution in [-0.2, 0) is 6.54 Å². The molecule has 0 saturated heterocycles. The third-order valence-electron chi connectivity index (χ3n) is 8.56. The minimum Gasteiger partial charge on any atom is -0.478 e. The van der Waals surface area contributed by atoms with Crippen LogP contribution in [0.5, 0.6) is 0 Å². The number of carboxylic acid groups (broad SMARTS) is 1. The van der Waals surface area contributed by atoms with Gasteiger partial charge in [0.15, 0.2) is 0 Å². The van der Waals surface area contributed by atoms with Crippen molar-refractivity contribution in [1.82, 2.24) is 4.57 Å². The summed E-state index contributed by atoms with van der Waals surface area (Å²) in [6.07, 6.45) is 10.5. The SMILES string of the molecule is C=C(/C=C\c1c(C)ccc2c1NCCn1c-2c(C2CCCCC2)c2ccc(C(=O)O)cc21)c1cc(C)sc1C. The van der Waals surface area contributed by atoms with Crippen molar-refractivity contribution in [2.45, 2.75) is 65.3 Å². The van der Waals surface area contributed by atoms with Crippen LogP contribution in [0.1, 0.15) is 80.4 Å². The van der Waals surface area contributed by atoms with Gasteiger partial charge in [-0.15, -0.1) is 11.3 Å². The fourth-order valence-corrected chi connectivity index (χ4v) is 7.64. The molecule has 0 spiro atoms. The first-order chi connectivity index (χ1) is 18.8. The summed E-state index contributed by atoms with van der Waals surface area (Å²) in [5.74, 6) is -0.387. The number of benzene rings is 2. The van der Waals surface area contributed by atoms with E-state index in [0.29, 0.717) is 11.5 Å². The number of fused-ring (bicyclic) bond motifs is 5. The number of rotatable bonds is 5. The van der Waals surface area contributed by atoms with Crippen LogP contribution in [0.2, 0.25) is 0 Å². The summed E-state index contributed by atoms with van der Waals surface area (Å²) in [5, 5.41) is 14.7. The molecule has 4 nitrogen and oxygen atoms in total. The van der Waals surface area contributed by atoms with Gasteiger partial charge in [-0.1, -0.05) is 56.2 Å². The number of aromatic nitrogens is 1. The van der Waals surface area contributed by atoms with Gasteiger partial charge >= 0.3 is 5.97 Å². The second kappa shape index (κ2) is 10.2. The van der Waals surface area contributed by atoms with Crippen molar-refractivity contribution in [3.63, 3.8) is 0 Å². The molecule has 2 aromatic carbocycles. The summed E-state index contributed by atoms with van der Waals surface area (Å²) in [6, 6.07) is 12.4. The molecule has 200 valence electrons. The molecular formula is C34H36N2O2S. The van der Waals surface area contributed by atoms with Crippen molar-refractivity contribution >= 4 is 45.5 Å². The minimum absolute atomic E-state index is 0.348. The Bertz CT molecular complexity index is 1650. The zero-order valence-corrected chi connectivity index (χ0v) is 23.9. The second-order valence-corrected chi connectivity index (χ2v) is 12.6. The number of carbonyl (C=O) groups is 1. The average Bonchev–Trinajstić information content (AvgIpc) is 3.36. The fourth-order valence-electron chi connectivity index (χ4n) is 6.68. The van der Waals surface area contributed by atoms with Crippen LogP contribution in [0.15, 0.2) is 49.1 Å². The highest BCUT2D eigenvalue weighted by Crippen LogP contribution is 2.47. The van der Waals surface area contributed by atoms with Gasteiger partial charge in [0.2, 0.25) is 0 Å². The maximum atomic E-state index is 11.9. The molecule has 1 saturated carbocycles. The van der Waals surface area contributed by atoms with Crippen LogP contribution >= 0.6 is 11.3 Å². The van der Waals surface area contributed by atoms with E-state index in [1.54, 1.807) is 6.07 Å². The Morgan fingerprint density at radius 3 is 2.62 bits per heavy atom. The van der Waals surface area contributed by atoms with E-state index in [1.807, 2.05) is 17.4 Å². The monoisotopic (exact) mass is 536 g/mol. The molecule has 4 aromatic rings. The lowest BCUT2D eigenvalue weighted by molar-refractivity contribution is 0.0697. The van der Waals surface area contributed by atoms with Gasteiger partial charge in [-0.2, -0.15) is 0 Å². The topological polar surface area (TPSA) is 54.3 Å². The maximum absolute atomic E-state index is 11.9. The second-order valence-electron chi connectivity index (χ2n) is 11.1. The quantitative estimate of drug-likeness (QED) is 0.250. The van der Waals surface area contributed by atoms with Crippen molar-refractivity contribution in [2.24, 2.45) is 0 Å². The first-order valence-corrected chi connectivity index (χ1v) is 14.9. The van der Waals surface area contributed by atoms with Crippen LogP contribution in [0.25, 0.3) is 33.8 Å². The summed E-state index contributed by atoms with van der Waals surface area (Å²) in [5.41, 5.74) is 11.1. The minimum atomic E-state index is -0.877. The van der Waals surface area contributed by atoms with E-state index in [-0.39, 0.29) is 0 Å². The molecule has 0 bridgehead atoms. The Kier molecular flexibility index (Phi) is 6.72. The number of aryl methyl sites for hydroxylation is 3. The number of allylic oxidation sites excluding steroid dienone is 2. The predicted octanol–water partition coefficient (Wildman–Crippen LogP) is 9.19. The number of hydrogen-bond acceptors (Lipinski definition) is 3. The van der Waals surface area contributed by atoms with Crippen LogP contribution in [0, 0.1) is 20.8 Å². The Hall–Kier alpha value is -3.57. The summed E-state index contributed by atoms with van der Waals surface area (Å²) >= 11 is 1.81. The Morgan fingerprint density at radius 2 is 1.90 bits per heavy atom. The number of nitrogens with zero attached hydrogens (tertiary/aromatic N) is 1. The summed E-state index contributed by atoms with van der Waals surface area (Å²) in [7, 11) is 0. The molecule has 6 rings (SSSR count). The molecule has 0 unspecified atom stereocenters. The molecule has 39 heavy (non-hydrogen) atoms. The summed E-state index contributed by atoms with van der Waals surface area (Å²) in [4.78, 5) is 14.5. The van der Waals surface area contributed by atoms with Gasteiger partial charge in [0, 0.05) is 44.9 Å². The van der Waals surface area contributed by atoms with Gasteiger partial charge in [-0.3, -0.25) is 0 Å². The fraction of sp³-hybridized carbons (Fsp3) is 0.324. The van der Waals surface area contributed by atoms with Gasteiger partial charge in [0.05, 0.1) is 16.9 Å². The third-order valence-corrected chi connectivity index (χ3v) is 9.52. The van der Waals surface area contributed by atoms with Crippen LogP contribution in [0.3, 0.4) is 0 Å². The van der Waals surface area contributed by atoms with Gasteiger partial charge in [0.1, 0.15) is 0 Å². The highest BCUT2D eigenvalue weighted by atomic mass is 32.1. The van der Waals surface area contributed by atoms with Crippen LogP contribution in [0.4, 0.5) is 5.69 Å². The molecule has 2 aromatic heterocycles. The van der Waals surface area contributed by atoms with Gasteiger partial charge < -0.3 is 15.0 Å². The maximum Gasteiger partial charge on any atom is 0.335 e. The predicted molar refractivity (Wildman–Crippen MR) is 165 cm³/mol. The molecule has 3 heterocycles. The van der Waals surface area contributed by atoms with E-state index in [2.05, 4.69) is 73.7 Å². The number of aromatic carboxylic acids is 1. The number of hydrogen-bond donors (Lipinski definition) is 2. The lowest BCUT2D eigenvalue weighted by Crippen LogP contribution is -2.08. The van der Waals surface area contributed by atoms with Gasteiger partial charge in [-0.05, 0) is 80.0 Å². The molecule has 1 aliphatic carbocycles. The first-order valence-electron chi connectivity index (χ1n) is 14.0. The Labute approximate surface area is 234 Å². The lowest BCUT2D eigenvalue weighted by atomic mass is 9.81. The number of thiophene rings is 1. The zero-order chi connectivity index (χ0) is 27.3. The van der Waals surface area contributed by atoms with Crippen LogP contribution in [-0.4, -0.2) is 22.2 Å². The van der Waals surface area contributed by atoms with Crippen molar-refractivity contribution in [3.05, 3.63) is 86.6 Å². The molecule has 0 amide bonds. The normalized spacial score (nSPS) is 15.7. The molecule has 2 aliphatic rings. The highest BCUT2D eigenvalue weighted by Gasteiger charge is 2.30. The molecule has 5 heteroatoms. The largest absolute Gasteiger partial charge is 0.478 e. The van der Waals surface area contributed by atoms with E-state index in [9.17, 15) is 9.90 Å². The Morgan fingerprint density at radius 1 is 1.10 bits per heavy atom. The highest BCUT2D eigenvalue weighted by molar-refractivity contribution is 7.12. The molecule has 0 atom stereocenters. The van der Waals surface area contributed by atoms with Crippen molar-refractivity contribution in [3.8, 4) is 11.3 Å². The van der Waals surface area contributed by atoms with Crippen molar-refractivity contribution < 1.29 is 9.90 Å². The summed E-state index contributed by atoms with van der Waals surface area (Å²) in [6.45, 7) is 12.4. The van der Waals surface area contributed by atoms with Crippen LogP contribution < -0.4 is 5.32 Å². The number of carboxylic acids is 1. The average molecular weight is 537 g/mol. The molecule has 0 radical (unpaired) electrons. The molecular weight excluding hydrogens is 500 g/mol. The van der Waals surface area contributed by atoms with E-state index in [4.69, 9.17) is 0 Å². The lowest BCUT2D eigenvalue weighted by Gasteiger charge is -2.24. The zero-order valence-electron chi connectivity index (χ0n) is 23.1. The molecule has 1 aliphatic heterocycles. The van der Waals surface area contributed by atoms with E-state index in [1.165, 1.54) is 80.8 Å². The molecule has 1 fully saturated rings. The molecule has 2 N–H and O–H groups in total. The van der Waals surface area contributed by atoms with Gasteiger partial charge in [0.25, 0.3) is 0 Å². The van der Waals surface area contributed by atoms with E-state index < -0.39 is 5.97 Å². The number of nitrogens with one attached hydrogen (secondary N) is 1. The van der Waals surface area contributed by atoms with Crippen molar-refractivity contribution in [2.75, 3.05) is 11.9 Å². The smallest absolute Gasteiger partial charge is 0.335 e. The Balaban J connectivity index is 1.54. The van der Waals surface area contributed by atoms with E-state index in [0.717, 1.165) is 29.9 Å². The third kappa shape index (κ3) is 4.53. The van der Waals surface area contributed by atoms with Crippen molar-refractivity contribution in [1.29, 1.82) is 0 Å². The van der Waals surface area contributed by atoms with Gasteiger partial charge in [-0.25, -0.2) is 4.79 Å².